The van der Waals surface area contributed by atoms with Crippen LogP contribution in [0.3, 0.4) is 0 Å². The summed E-state index contributed by atoms with van der Waals surface area (Å²) in [6.45, 7) is 2.16. The van der Waals surface area contributed by atoms with E-state index in [4.69, 9.17) is 4.74 Å². The van der Waals surface area contributed by atoms with Crippen molar-refractivity contribution in [1.29, 1.82) is 0 Å². The highest BCUT2D eigenvalue weighted by Crippen LogP contribution is 2.22. The average molecular weight is 296 g/mol. The molecule has 3 N–H and O–H groups in total. The maximum Gasteiger partial charge on any atom is 0.319 e. The number of nitrogens with one attached hydrogen (secondary N) is 2. The molecule has 2 amide bonds. The van der Waals surface area contributed by atoms with Gasteiger partial charge in [0.15, 0.2) is 11.6 Å². The summed E-state index contributed by atoms with van der Waals surface area (Å²) in [5.41, 5.74) is 0.379. The number of carbonyl (C=O) groups is 1. The molecule has 2 rings (SSSR count). The van der Waals surface area contributed by atoms with Crippen molar-refractivity contribution in [2.75, 3.05) is 11.9 Å². The third kappa shape index (κ3) is 4.60. The Morgan fingerprint density at radius 3 is 2.71 bits per heavy atom. The van der Waals surface area contributed by atoms with Crippen molar-refractivity contribution < 1.29 is 19.0 Å². The van der Waals surface area contributed by atoms with Crippen molar-refractivity contribution in [2.45, 2.75) is 44.8 Å². The Balaban J connectivity index is 1.86. The lowest BCUT2D eigenvalue weighted by molar-refractivity contribution is 0.118. The largest absolute Gasteiger partial charge is 0.491 e. The van der Waals surface area contributed by atoms with Gasteiger partial charge in [0.1, 0.15) is 0 Å². The van der Waals surface area contributed by atoms with Crippen molar-refractivity contribution >= 4 is 11.7 Å². The molecule has 0 saturated heterocycles. The Bertz CT molecular complexity index is 488. The van der Waals surface area contributed by atoms with Gasteiger partial charge in [-0.3, -0.25) is 0 Å². The van der Waals surface area contributed by atoms with Crippen molar-refractivity contribution in [3.63, 3.8) is 0 Å². The van der Waals surface area contributed by atoms with Gasteiger partial charge < -0.3 is 20.5 Å². The van der Waals surface area contributed by atoms with Crippen LogP contribution in [0.1, 0.15) is 32.6 Å². The van der Waals surface area contributed by atoms with Gasteiger partial charge in [-0.15, -0.1) is 0 Å². The van der Waals surface area contributed by atoms with E-state index < -0.39 is 5.82 Å². The Labute approximate surface area is 123 Å². The maximum absolute atomic E-state index is 13.7. The van der Waals surface area contributed by atoms with E-state index in [1.165, 1.54) is 12.1 Å². The highest BCUT2D eigenvalue weighted by Gasteiger charge is 2.20. The van der Waals surface area contributed by atoms with Crippen LogP contribution in [-0.4, -0.2) is 29.9 Å². The standard InChI is InChI=1S/C15H21FN2O3/c1-2-21-14-8-5-11(9-13(14)16)18-15(20)17-10-3-6-12(19)7-4-10/h5,8-10,12,19H,2-4,6-7H2,1H3,(H2,17,18,20). The molecule has 0 aromatic heterocycles. The van der Waals surface area contributed by atoms with Crippen LogP contribution in [0.5, 0.6) is 5.75 Å². The lowest BCUT2D eigenvalue weighted by atomic mass is 9.93. The molecule has 0 heterocycles. The molecule has 0 unspecified atom stereocenters. The van der Waals surface area contributed by atoms with E-state index in [2.05, 4.69) is 10.6 Å². The number of hydrogen-bond donors (Lipinski definition) is 3. The second kappa shape index (κ2) is 7.26. The summed E-state index contributed by atoms with van der Waals surface area (Å²) in [6, 6.07) is 4.01. The molecule has 1 aliphatic rings. The van der Waals surface area contributed by atoms with Gasteiger partial charge in [-0.25, -0.2) is 9.18 Å². The zero-order valence-corrected chi connectivity index (χ0v) is 12.1. The molecule has 1 fully saturated rings. The summed E-state index contributed by atoms with van der Waals surface area (Å²) in [5.74, 6) is -0.333. The molecular weight excluding hydrogens is 275 g/mol. The predicted molar refractivity (Wildman–Crippen MR) is 78.0 cm³/mol. The first-order chi connectivity index (χ1) is 10.1. The fourth-order valence-corrected chi connectivity index (χ4v) is 2.42. The van der Waals surface area contributed by atoms with Gasteiger partial charge in [0.05, 0.1) is 12.7 Å². The molecule has 0 bridgehead atoms. The minimum Gasteiger partial charge on any atom is -0.491 e. The van der Waals surface area contributed by atoms with Crippen LogP contribution in [0, 0.1) is 5.82 Å². The van der Waals surface area contributed by atoms with Crippen LogP contribution in [-0.2, 0) is 0 Å². The Hall–Kier alpha value is -1.82. The van der Waals surface area contributed by atoms with E-state index >= 15 is 0 Å². The fourth-order valence-electron chi connectivity index (χ4n) is 2.42. The lowest BCUT2D eigenvalue weighted by Crippen LogP contribution is -2.40. The number of anilines is 1. The fraction of sp³-hybridized carbons (Fsp3) is 0.533. The SMILES string of the molecule is CCOc1ccc(NC(=O)NC2CCC(O)CC2)cc1F. The van der Waals surface area contributed by atoms with Gasteiger partial charge in [-0.2, -0.15) is 0 Å². The number of hydrogen-bond acceptors (Lipinski definition) is 3. The molecule has 1 aromatic rings. The minimum atomic E-state index is -0.504. The van der Waals surface area contributed by atoms with Gasteiger partial charge in [0.25, 0.3) is 0 Å². The first-order valence-corrected chi connectivity index (χ1v) is 7.26. The number of benzene rings is 1. The number of urea groups is 1. The van der Waals surface area contributed by atoms with E-state index in [1.54, 1.807) is 13.0 Å². The van der Waals surface area contributed by atoms with E-state index in [0.29, 0.717) is 25.1 Å². The second-order valence-electron chi connectivity index (χ2n) is 5.18. The summed E-state index contributed by atoms with van der Waals surface area (Å²) in [6.07, 6.45) is 2.65. The van der Waals surface area contributed by atoms with Crippen molar-refractivity contribution in [3.8, 4) is 5.75 Å². The van der Waals surface area contributed by atoms with Crippen molar-refractivity contribution in [3.05, 3.63) is 24.0 Å². The van der Waals surface area contributed by atoms with Crippen molar-refractivity contribution in [2.24, 2.45) is 0 Å². The molecular formula is C15H21FN2O3. The molecule has 1 aliphatic carbocycles. The van der Waals surface area contributed by atoms with Crippen LogP contribution in [0.25, 0.3) is 0 Å². The number of ether oxygens (including phenoxy) is 1. The number of rotatable bonds is 4. The van der Waals surface area contributed by atoms with Crippen LogP contribution in [0.4, 0.5) is 14.9 Å². The zero-order chi connectivity index (χ0) is 15.2. The van der Waals surface area contributed by atoms with Crippen molar-refractivity contribution in [1.82, 2.24) is 5.32 Å². The van der Waals surface area contributed by atoms with Crippen LogP contribution < -0.4 is 15.4 Å². The number of aliphatic hydroxyl groups excluding tert-OH is 1. The Morgan fingerprint density at radius 2 is 2.10 bits per heavy atom. The number of carbonyl (C=O) groups excluding carboxylic acids is 1. The summed E-state index contributed by atoms with van der Waals surface area (Å²) < 4.78 is 18.8. The average Bonchev–Trinajstić information content (AvgIpc) is 2.44. The number of halogens is 1. The van der Waals surface area contributed by atoms with Crippen LogP contribution in [0.15, 0.2) is 18.2 Å². The molecule has 21 heavy (non-hydrogen) atoms. The zero-order valence-electron chi connectivity index (χ0n) is 12.1. The molecule has 1 aromatic carbocycles. The molecule has 0 atom stereocenters. The summed E-state index contributed by atoms with van der Waals surface area (Å²) >= 11 is 0. The van der Waals surface area contributed by atoms with Crippen LogP contribution in [0.2, 0.25) is 0 Å². The first kappa shape index (κ1) is 15.6. The summed E-state index contributed by atoms with van der Waals surface area (Å²) in [7, 11) is 0. The Kier molecular flexibility index (Phi) is 5.38. The topological polar surface area (TPSA) is 70.6 Å². The quantitative estimate of drug-likeness (QED) is 0.800. The number of aliphatic hydroxyl groups is 1. The van der Waals surface area contributed by atoms with Gasteiger partial charge in [-0.1, -0.05) is 0 Å². The monoisotopic (exact) mass is 296 g/mol. The smallest absolute Gasteiger partial charge is 0.319 e. The van der Waals surface area contributed by atoms with Gasteiger partial charge in [-0.05, 0) is 44.7 Å². The second-order valence-corrected chi connectivity index (χ2v) is 5.18. The molecule has 0 spiro atoms. The predicted octanol–water partition coefficient (Wildman–Crippen LogP) is 2.65. The summed E-state index contributed by atoms with van der Waals surface area (Å²) in [5, 5.41) is 14.8. The molecule has 116 valence electrons. The van der Waals surface area contributed by atoms with Gasteiger partial charge in [0, 0.05) is 17.8 Å². The normalized spacial score (nSPS) is 21.7. The van der Waals surface area contributed by atoms with E-state index in [-0.39, 0.29) is 23.9 Å². The van der Waals surface area contributed by atoms with Crippen LogP contribution >= 0.6 is 0 Å². The first-order valence-electron chi connectivity index (χ1n) is 7.26. The highest BCUT2D eigenvalue weighted by molar-refractivity contribution is 5.89. The third-order valence-corrected chi connectivity index (χ3v) is 3.52. The molecule has 6 heteroatoms. The Morgan fingerprint density at radius 1 is 1.38 bits per heavy atom. The van der Waals surface area contributed by atoms with E-state index in [9.17, 15) is 14.3 Å². The molecule has 0 radical (unpaired) electrons. The van der Waals surface area contributed by atoms with Gasteiger partial charge in [0.2, 0.25) is 0 Å². The molecule has 1 saturated carbocycles. The van der Waals surface area contributed by atoms with Gasteiger partial charge >= 0.3 is 6.03 Å². The minimum absolute atomic E-state index is 0.0564. The molecule has 0 aliphatic heterocycles. The lowest BCUT2D eigenvalue weighted by Gasteiger charge is -2.26. The summed E-state index contributed by atoms with van der Waals surface area (Å²) in [4.78, 5) is 11.8. The maximum atomic E-state index is 13.7. The molecule has 5 nitrogen and oxygen atoms in total. The van der Waals surface area contributed by atoms with E-state index in [1.807, 2.05) is 0 Å². The number of amides is 2. The highest BCUT2D eigenvalue weighted by atomic mass is 19.1. The van der Waals surface area contributed by atoms with E-state index in [0.717, 1.165) is 12.8 Å². The third-order valence-electron chi connectivity index (χ3n) is 3.52.